The molecule has 0 saturated heterocycles. The van der Waals surface area contributed by atoms with Gasteiger partial charge in [0.2, 0.25) is 10.8 Å². The summed E-state index contributed by atoms with van der Waals surface area (Å²) in [6, 6.07) is 7.90. The molecule has 6 nitrogen and oxygen atoms in total. The summed E-state index contributed by atoms with van der Waals surface area (Å²) in [7, 11) is 0. The molecular weight excluding hydrogens is 324 g/mol. The Hall–Kier alpha value is -2.12. The van der Waals surface area contributed by atoms with E-state index in [1.165, 1.54) is 22.2 Å². The fraction of sp³-hybridized carbons (Fsp3) is 0.412. The molecule has 0 spiro atoms. The zero-order valence-electron chi connectivity index (χ0n) is 14.1. The quantitative estimate of drug-likeness (QED) is 0.711. The molecule has 3 aromatic rings. The second kappa shape index (κ2) is 7.19. The second-order valence-electron chi connectivity index (χ2n) is 5.34. The van der Waals surface area contributed by atoms with Crippen LogP contribution in [-0.4, -0.2) is 44.3 Å². The normalized spacial score (nSPS) is 12.8. The highest BCUT2D eigenvalue weighted by Crippen LogP contribution is 2.42. The van der Waals surface area contributed by atoms with Crippen LogP contribution >= 0.6 is 11.3 Å². The molecule has 0 amide bonds. The molecule has 7 heteroatoms. The van der Waals surface area contributed by atoms with Gasteiger partial charge in [-0.3, -0.25) is 4.90 Å². The Labute approximate surface area is 145 Å². The molecule has 24 heavy (non-hydrogen) atoms. The van der Waals surface area contributed by atoms with Gasteiger partial charge in [-0.1, -0.05) is 43.4 Å². The minimum absolute atomic E-state index is 0.101. The van der Waals surface area contributed by atoms with Gasteiger partial charge in [0, 0.05) is 5.56 Å². The first-order chi connectivity index (χ1) is 11.7. The van der Waals surface area contributed by atoms with Crippen LogP contribution in [0.2, 0.25) is 0 Å². The van der Waals surface area contributed by atoms with Gasteiger partial charge in [-0.25, -0.2) is 4.98 Å². The lowest BCUT2D eigenvalue weighted by Gasteiger charge is -2.30. The van der Waals surface area contributed by atoms with Crippen molar-refractivity contribution in [3.05, 3.63) is 41.0 Å². The summed E-state index contributed by atoms with van der Waals surface area (Å²) in [5.74, 6) is 0.992. The molecule has 128 valence electrons. The van der Waals surface area contributed by atoms with Crippen molar-refractivity contribution in [2.24, 2.45) is 0 Å². The van der Waals surface area contributed by atoms with Crippen LogP contribution in [0.15, 0.2) is 30.6 Å². The topological polar surface area (TPSA) is 62.9 Å². The summed E-state index contributed by atoms with van der Waals surface area (Å²) >= 11 is 1.46. The van der Waals surface area contributed by atoms with E-state index < -0.39 is 0 Å². The second-order valence-corrected chi connectivity index (χ2v) is 6.35. The molecule has 0 fully saturated rings. The predicted octanol–water partition coefficient (Wildman–Crippen LogP) is 3.33. The van der Waals surface area contributed by atoms with Crippen molar-refractivity contribution in [2.45, 2.75) is 26.8 Å². The number of aromatic hydroxyl groups is 1. The summed E-state index contributed by atoms with van der Waals surface area (Å²) in [5, 5.41) is 14.8. The average Bonchev–Trinajstić information content (AvgIpc) is 3.17. The first-order valence-electron chi connectivity index (χ1n) is 8.18. The van der Waals surface area contributed by atoms with Crippen molar-refractivity contribution in [2.75, 3.05) is 19.7 Å². The van der Waals surface area contributed by atoms with Crippen molar-refractivity contribution in [3.8, 4) is 11.6 Å². The smallest absolute Gasteiger partial charge is 0.230 e. The number of rotatable bonds is 7. The highest BCUT2D eigenvalue weighted by molar-refractivity contribution is 7.17. The SMILES string of the molecule is CCOc1ccccc1C(c1sc2ncnn2c1O)N(CC)CC. The minimum atomic E-state index is -0.101. The highest BCUT2D eigenvalue weighted by Gasteiger charge is 2.29. The lowest BCUT2D eigenvalue weighted by molar-refractivity contribution is 0.239. The average molecular weight is 346 g/mol. The Morgan fingerprint density at radius 2 is 2.00 bits per heavy atom. The third-order valence-corrected chi connectivity index (χ3v) is 5.16. The molecule has 1 unspecified atom stereocenters. The molecule has 0 saturated carbocycles. The van der Waals surface area contributed by atoms with Gasteiger partial charge in [0.25, 0.3) is 0 Å². The Bertz CT molecular complexity index is 810. The van der Waals surface area contributed by atoms with E-state index in [4.69, 9.17) is 4.74 Å². The van der Waals surface area contributed by atoms with Gasteiger partial charge in [0.1, 0.15) is 12.1 Å². The molecule has 0 bridgehead atoms. The van der Waals surface area contributed by atoms with E-state index in [1.54, 1.807) is 0 Å². The summed E-state index contributed by atoms with van der Waals surface area (Å²) in [4.78, 5) is 8.02. The minimum Gasteiger partial charge on any atom is -0.494 e. The Morgan fingerprint density at radius 1 is 1.25 bits per heavy atom. The third kappa shape index (κ3) is 2.85. The van der Waals surface area contributed by atoms with Crippen molar-refractivity contribution in [1.29, 1.82) is 0 Å². The first kappa shape index (κ1) is 16.7. The molecule has 0 aliphatic carbocycles. The largest absolute Gasteiger partial charge is 0.494 e. The number of fused-ring (bicyclic) bond motifs is 1. The highest BCUT2D eigenvalue weighted by atomic mass is 32.1. The van der Waals surface area contributed by atoms with Crippen LogP contribution in [0.25, 0.3) is 4.96 Å². The monoisotopic (exact) mass is 346 g/mol. The van der Waals surface area contributed by atoms with Crippen LogP contribution in [0.3, 0.4) is 0 Å². The number of ether oxygens (including phenoxy) is 1. The van der Waals surface area contributed by atoms with Gasteiger partial charge in [0.05, 0.1) is 17.5 Å². The third-order valence-electron chi connectivity index (χ3n) is 4.08. The van der Waals surface area contributed by atoms with Crippen molar-refractivity contribution in [3.63, 3.8) is 0 Å². The van der Waals surface area contributed by atoms with Gasteiger partial charge in [-0.15, -0.1) is 0 Å². The van der Waals surface area contributed by atoms with E-state index in [0.717, 1.165) is 29.3 Å². The lowest BCUT2D eigenvalue weighted by atomic mass is 10.0. The van der Waals surface area contributed by atoms with Gasteiger partial charge in [-0.05, 0) is 26.1 Å². The molecule has 0 aliphatic rings. The van der Waals surface area contributed by atoms with E-state index in [-0.39, 0.29) is 11.9 Å². The summed E-state index contributed by atoms with van der Waals surface area (Å²) in [5.41, 5.74) is 1.04. The Balaban J connectivity index is 2.17. The number of nitrogens with zero attached hydrogens (tertiary/aromatic N) is 4. The Morgan fingerprint density at radius 3 is 2.67 bits per heavy atom. The number of benzene rings is 1. The first-order valence-corrected chi connectivity index (χ1v) is 9.00. The molecule has 1 aromatic carbocycles. The van der Waals surface area contributed by atoms with Gasteiger partial charge >= 0.3 is 0 Å². The standard InChI is InChI=1S/C17H22N4O2S/c1-4-20(5-2)14(12-9-7-8-10-13(12)23-6-3)15-16(22)21-17(24-15)18-11-19-21/h7-11,14,22H,4-6H2,1-3H3. The van der Waals surface area contributed by atoms with E-state index in [1.807, 2.05) is 25.1 Å². The predicted molar refractivity (Wildman–Crippen MR) is 94.9 cm³/mol. The van der Waals surface area contributed by atoms with Crippen LogP contribution < -0.4 is 4.74 Å². The summed E-state index contributed by atoms with van der Waals surface area (Å²) in [6.07, 6.45) is 1.45. The number of para-hydroxylation sites is 1. The number of hydrogen-bond acceptors (Lipinski definition) is 6. The lowest BCUT2D eigenvalue weighted by Crippen LogP contribution is -2.29. The number of thiazole rings is 1. The molecule has 1 N–H and O–H groups in total. The molecule has 1 atom stereocenters. The fourth-order valence-corrected chi connectivity index (χ4v) is 4.04. The molecular formula is C17H22N4O2S. The van der Waals surface area contributed by atoms with Crippen molar-refractivity contribution < 1.29 is 9.84 Å². The molecule has 3 rings (SSSR count). The summed E-state index contributed by atoms with van der Waals surface area (Å²) in [6.45, 7) is 8.53. The maximum absolute atomic E-state index is 10.7. The molecule has 0 radical (unpaired) electrons. The molecule has 0 aliphatic heterocycles. The van der Waals surface area contributed by atoms with Crippen molar-refractivity contribution in [1.82, 2.24) is 19.5 Å². The van der Waals surface area contributed by atoms with Crippen LogP contribution in [-0.2, 0) is 0 Å². The van der Waals surface area contributed by atoms with Crippen LogP contribution in [0, 0.1) is 0 Å². The van der Waals surface area contributed by atoms with Crippen LogP contribution in [0.1, 0.15) is 37.3 Å². The zero-order valence-corrected chi connectivity index (χ0v) is 15.0. The fourth-order valence-electron chi connectivity index (χ4n) is 2.96. The van der Waals surface area contributed by atoms with Crippen LogP contribution in [0.5, 0.6) is 11.6 Å². The van der Waals surface area contributed by atoms with Crippen LogP contribution in [0.4, 0.5) is 0 Å². The zero-order chi connectivity index (χ0) is 17.1. The Kier molecular flexibility index (Phi) is 5.01. The van der Waals surface area contributed by atoms with Gasteiger partial charge < -0.3 is 9.84 Å². The molecule has 2 aromatic heterocycles. The number of aromatic nitrogens is 3. The van der Waals surface area contributed by atoms with Crippen molar-refractivity contribution >= 4 is 16.3 Å². The van der Waals surface area contributed by atoms with E-state index in [2.05, 4.69) is 34.9 Å². The van der Waals surface area contributed by atoms with E-state index in [9.17, 15) is 5.11 Å². The van der Waals surface area contributed by atoms with Gasteiger partial charge in [-0.2, -0.15) is 9.61 Å². The van der Waals surface area contributed by atoms with E-state index >= 15 is 0 Å². The van der Waals surface area contributed by atoms with Gasteiger partial charge in [0.15, 0.2) is 0 Å². The number of hydrogen-bond donors (Lipinski definition) is 1. The maximum atomic E-state index is 10.7. The molecule has 2 heterocycles. The van der Waals surface area contributed by atoms with E-state index in [0.29, 0.717) is 11.6 Å². The summed E-state index contributed by atoms with van der Waals surface area (Å²) < 4.78 is 7.32. The maximum Gasteiger partial charge on any atom is 0.230 e.